The lowest BCUT2D eigenvalue weighted by Crippen LogP contribution is -2.50. The number of benzene rings is 1. The average molecular weight is 298 g/mol. The van der Waals surface area contributed by atoms with Crippen LogP contribution in [0.5, 0.6) is 5.75 Å². The summed E-state index contributed by atoms with van der Waals surface area (Å²) >= 11 is 0. The van der Waals surface area contributed by atoms with Crippen molar-refractivity contribution in [2.45, 2.75) is 44.8 Å². The smallest absolute Gasteiger partial charge is 0.387 e. The van der Waals surface area contributed by atoms with Gasteiger partial charge in [-0.3, -0.25) is 4.90 Å². The first-order chi connectivity index (χ1) is 10.0. The van der Waals surface area contributed by atoms with Gasteiger partial charge in [0.2, 0.25) is 0 Å². The largest absolute Gasteiger partial charge is 0.435 e. The standard InChI is InChI=1S/C16H24F2N2O/c1-16(12-19,20-10-2-3-11-20)9-8-13-4-6-14(7-5-13)21-15(17)18/h4-7,15H,2-3,8-12,19H2,1H3. The summed E-state index contributed by atoms with van der Waals surface area (Å²) in [6, 6.07) is 6.88. The highest BCUT2D eigenvalue weighted by Crippen LogP contribution is 2.26. The maximum Gasteiger partial charge on any atom is 0.387 e. The van der Waals surface area contributed by atoms with Crippen molar-refractivity contribution >= 4 is 0 Å². The molecule has 0 bridgehead atoms. The maximum atomic E-state index is 12.1. The fraction of sp³-hybridized carbons (Fsp3) is 0.625. The predicted molar refractivity (Wildman–Crippen MR) is 79.7 cm³/mol. The van der Waals surface area contributed by atoms with Crippen LogP contribution < -0.4 is 10.5 Å². The molecule has 1 aliphatic rings. The van der Waals surface area contributed by atoms with E-state index in [1.54, 1.807) is 12.1 Å². The van der Waals surface area contributed by atoms with E-state index in [0.29, 0.717) is 6.54 Å². The van der Waals surface area contributed by atoms with E-state index in [4.69, 9.17) is 5.73 Å². The van der Waals surface area contributed by atoms with Crippen molar-refractivity contribution in [3.05, 3.63) is 29.8 Å². The second-order valence-corrected chi connectivity index (χ2v) is 5.92. The molecule has 0 amide bonds. The number of aryl methyl sites for hydroxylation is 1. The molecule has 0 aromatic heterocycles. The van der Waals surface area contributed by atoms with Gasteiger partial charge in [0.15, 0.2) is 0 Å². The Bertz CT molecular complexity index is 432. The van der Waals surface area contributed by atoms with E-state index >= 15 is 0 Å². The molecule has 1 heterocycles. The monoisotopic (exact) mass is 298 g/mol. The van der Waals surface area contributed by atoms with Crippen molar-refractivity contribution in [3.63, 3.8) is 0 Å². The van der Waals surface area contributed by atoms with Crippen molar-refractivity contribution in [1.29, 1.82) is 0 Å². The van der Waals surface area contributed by atoms with Crippen molar-refractivity contribution in [2.24, 2.45) is 5.73 Å². The summed E-state index contributed by atoms with van der Waals surface area (Å²) in [4.78, 5) is 2.47. The molecule has 0 radical (unpaired) electrons. The fourth-order valence-electron chi connectivity index (χ4n) is 2.90. The summed E-state index contributed by atoms with van der Waals surface area (Å²) in [7, 11) is 0. The number of hydrogen-bond acceptors (Lipinski definition) is 3. The van der Waals surface area contributed by atoms with Gasteiger partial charge in [-0.05, 0) is 63.4 Å². The Morgan fingerprint density at radius 2 is 1.86 bits per heavy atom. The van der Waals surface area contributed by atoms with Crippen LogP contribution in [0.25, 0.3) is 0 Å². The molecule has 1 saturated heterocycles. The minimum Gasteiger partial charge on any atom is -0.435 e. The third-order valence-corrected chi connectivity index (χ3v) is 4.41. The normalized spacial score (nSPS) is 18.9. The minimum atomic E-state index is -2.77. The highest BCUT2D eigenvalue weighted by Gasteiger charge is 2.31. The second-order valence-electron chi connectivity index (χ2n) is 5.92. The zero-order chi connectivity index (χ0) is 15.3. The van der Waals surface area contributed by atoms with Crippen LogP contribution in [-0.4, -0.2) is 36.7 Å². The first-order valence-corrected chi connectivity index (χ1v) is 7.52. The highest BCUT2D eigenvalue weighted by atomic mass is 19.3. The van der Waals surface area contributed by atoms with Crippen molar-refractivity contribution in [1.82, 2.24) is 4.90 Å². The summed E-state index contributed by atoms with van der Waals surface area (Å²) in [5.41, 5.74) is 7.13. The van der Waals surface area contributed by atoms with Crippen LogP contribution in [0.15, 0.2) is 24.3 Å². The molecular weight excluding hydrogens is 274 g/mol. The van der Waals surface area contributed by atoms with E-state index in [-0.39, 0.29) is 11.3 Å². The summed E-state index contributed by atoms with van der Waals surface area (Å²) in [5.74, 6) is 0.204. The number of nitrogens with zero attached hydrogens (tertiary/aromatic N) is 1. The van der Waals surface area contributed by atoms with Crippen LogP contribution in [0.4, 0.5) is 8.78 Å². The molecule has 0 spiro atoms. The topological polar surface area (TPSA) is 38.5 Å². The predicted octanol–water partition coefficient (Wildman–Crippen LogP) is 3.03. The van der Waals surface area contributed by atoms with Crippen LogP contribution >= 0.6 is 0 Å². The van der Waals surface area contributed by atoms with E-state index in [9.17, 15) is 8.78 Å². The minimum absolute atomic E-state index is 0.0225. The average Bonchev–Trinajstić information content (AvgIpc) is 3.00. The van der Waals surface area contributed by atoms with Crippen LogP contribution in [-0.2, 0) is 6.42 Å². The van der Waals surface area contributed by atoms with Gasteiger partial charge >= 0.3 is 6.61 Å². The van der Waals surface area contributed by atoms with Gasteiger partial charge < -0.3 is 10.5 Å². The first kappa shape index (κ1) is 16.2. The molecular formula is C16H24F2N2O. The summed E-state index contributed by atoms with van der Waals surface area (Å²) in [6.45, 7) is 2.32. The van der Waals surface area contributed by atoms with Crippen LogP contribution in [0, 0.1) is 0 Å². The van der Waals surface area contributed by atoms with Crippen molar-refractivity contribution in [3.8, 4) is 5.75 Å². The van der Waals surface area contributed by atoms with E-state index < -0.39 is 6.61 Å². The molecule has 1 aromatic carbocycles. The third kappa shape index (κ3) is 4.38. The van der Waals surface area contributed by atoms with Gasteiger partial charge in [-0.1, -0.05) is 12.1 Å². The Morgan fingerprint density at radius 1 is 1.24 bits per heavy atom. The number of likely N-dealkylation sites (tertiary alicyclic amines) is 1. The molecule has 1 aliphatic heterocycles. The van der Waals surface area contributed by atoms with Gasteiger partial charge in [0, 0.05) is 12.1 Å². The van der Waals surface area contributed by atoms with Crippen molar-refractivity contribution in [2.75, 3.05) is 19.6 Å². The van der Waals surface area contributed by atoms with Gasteiger partial charge in [-0.25, -0.2) is 0 Å². The van der Waals surface area contributed by atoms with E-state index in [1.165, 1.54) is 12.8 Å². The molecule has 0 aliphatic carbocycles. The summed E-state index contributed by atoms with van der Waals surface area (Å²) in [5, 5.41) is 0. The molecule has 1 unspecified atom stereocenters. The zero-order valence-corrected chi connectivity index (χ0v) is 12.5. The Labute approximate surface area is 125 Å². The number of alkyl halides is 2. The third-order valence-electron chi connectivity index (χ3n) is 4.41. The molecule has 2 N–H and O–H groups in total. The number of rotatable bonds is 7. The highest BCUT2D eigenvalue weighted by molar-refractivity contribution is 5.27. The maximum absolute atomic E-state index is 12.1. The lowest BCUT2D eigenvalue weighted by molar-refractivity contribution is -0.0498. The number of hydrogen-bond donors (Lipinski definition) is 1. The second kappa shape index (κ2) is 7.18. The van der Waals surface area contributed by atoms with Crippen molar-refractivity contribution < 1.29 is 13.5 Å². The summed E-state index contributed by atoms with van der Waals surface area (Å²) in [6.07, 6.45) is 4.35. The number of nitrogens with two attached hydrogens (primary N) is 1. The number of ether oxygens (including phenoxy) is 1. The molecule has 1 fully saturated rings. The van der Waals surface area contributed by atoms with Crippen LogP contribution in [0.3, 0.4) is 0 Å². The molecule has 2 rings (SSSR count). The van der Waals surface area contributed by atoms with Gasteiger partial charge in [0.25, 0.3) is 0 Å². The molecule has 21 heavy (non-hydrogen) atoms. The van der Waals surface area contributed by atoms with E-state index in [1.807, 2.05) is 12.1 Å². The Balaban J connectivity index is 1.91. The molecule has 1 atom stereocenters. The molecule has 3 nitrogen and oxygen atoms in total. The first-order valence-electron chi connectivity index (χ1n) is 7.52. The quantitative estimate of drug-likeness (QED) is 0.841. The Morgan fingerprint density at radius 3 is 2.38 bits per heavy atom. The SMILES string of the molecule is CC(CN)(CCc1ccc(OC(F)F)cc1)N1CCCC1. The van der Waals surface area contributed by atoms with E-state index in [2.05, 4.69) is 16.6 Å². The van der Waals surface area contributed by atoms with Crippen LogP contribution in [0.2, 0.25) is 0 Å². The lowest BCUT2D eigenvalue weighted by atomic mass is 9.91. The van der Waals surface area contributed by atoms with Gasteiger partial charge in [-0.15, -0.1) is 0 Å². The zero-order valence-electron chi connectivity index (χ0n) is 12.5. The van der Waals surface area contributed by atoms with Crippen LogP contribution in [0.1, 0.15) is 31.7 Å². The fourth-order valence-corrected chi connectivity index (χ4v) is 2.90. The Hall–Kier alpha value is -1.20. The molecule has 118 valence electrons. The summed E-state index contributed by atoms with van der Waals surface area (Å²) < 4.78 is 28.6. The van der Waals surface area contributed by atoms with Gasteiger partial charge in [-0.2, -0.15) is 8.78 Å². The molecule has 0 saturated carbocycles. The van der Waals surface area contributed by atoms with Gasteiger partial charge in [0.1, 0.15) is 5.75 Å². The number of halogens is 2. The molecule has 5 heteroatoms. The van der Waals surface area contributed by atoms with Gasteiger partial charge in [0.05, 0.1) is 0 Å². The lowest BCUT2D eigenvalue weighted by Gasteiger charge is -2.38. The molecule has 1 aromatic rings. The van der Waals surface area contributed by atoms with E-state index in [0.717, 1.165) is 31.5 Å². The Kier molecular flexibility index (Phi) is 5.53.